The lowest BCUT2D eigenvalue weighted by atomic mass is 10.0. The Hall–Kier alpha value is -0.940. The van der Waals surface area contributed by atoms with E-state index in [0.717, 1.165) is 0 Å². The molecule has 17 nitrogen and oxygen atoms in total. The monoisotopic (exact) mass is 536 g/mol. The van der Waals surface area contributed by atoms with Crippen LogP contribution >= 0.6 is 22.4 Å². The molecule has 2 aliphatic rings. The molecular formula is C11H17N5O12P3S+. The fourth-order valence-corrected chi connectivity index (χ4v) is 7.35. The third kappa shape index (κ3) is 4.29. The van der Waals surface area contributed by atoms with Crippen LogP contribution in [0.15, 0.2) is 12.7 Å². The topological polar surface area (TPSA) is 256 Å². The van der Waals surface area contributed by atoms with E-state index in [1.165, 1.54) is 17.2 Å². The van der Waals surface area contributed by atoms with Crippen molar-refractivity contribution in [2.75, 3.05) is 18.9 Å². The highest BCUT2D eigenvalue weighted by Crippen LogP contribution is 2.67. The lowest BCUT2D eigenvalue weighted by molar-refractivity contribution is -0.0929. The van der Waals surface area contributed by atoms with E-state index in [4.69, 9.17) is 15.5 Å². The van der Waals surface area contributed by atoms with Crippen LogP contribution in [0.5, 0.6) is 0 Å². The minimum atomic E-state index is -5.48. The van der Waals surface area contributed by atoms with Crippen LogP contribution in [-0.2, 0) is 44.2 Å². The Bertz CT molecular complexity index is 1210. The molecule has 8 N–H and O–H groups in total. The van der Waals surface area contributed by atoms with Gasteiger partial charge in [-0.15, -0.1) is 0 Å². The molecule has 4 heterocycles. The first-order valence-corrected chi connectivity index (χ1v) is 14.1. The van der Waals surface area contributed by atoms with Crippen molar-refractivity contribution in [3.05, 3.63) is 12.7 Å². The lowest BCUT2D eigenvalue weighted by Crippen LogP contribution is -2.41. The third-order valence-electron chi connectivity index (χ3n) is 4.85. The van der Waals surface area contributed by atoms with E-state index in [1.807, 2.05) is 0 Å². The summed E-state index contributed by atoms with van der Waals surface area (Å²) in [4.78, 5) is 48.8. The van der Waals surface area contributed by atoms with Crippen LogP contribution in [0.25, 0.3) is 11.2 Å². The van der Waals surface area contributed by atoms with Gasteiger partial charge in [0.25, 0.3) is 0 Å². The van der Waals surface area contributed by atoms with E-state index >= 15 is 0 Å². The van der Waals surface area contributed by atoms with E-state index in [-0.39, 0.29) is 23.6 Å². The molecule has 4 rings (SSSR count). The summed E-state index contributed by atoms with van der Waals surface area (Å²) < 4.78 is 39.9. The Balaban J connectivity index is 1.50. The first-order valence-electron chi connectivity index (χ1n) is 8.45. The average Bonchev–Trinajstić information content (AvgIpc) is 3.12. The molecule has 0 amide bonds. The third-order valence-corrected chi connectivity index (χ3v) is 9.25. The summed E-state index contributed by atoms with van der Waals surface area (Å²) in [6.45, 7) is -5.38. The fraction of sp³-hybridized carbons (Fsp3) is 0.545. The van der Waals surface area contributed by atoms with E-state index in [2.05, 4.69) is 44.3 Å². The number of nitrogens with zero attached hydrogens (tertiary/aromatic N) is 4. The highest BCUT2D eigenvalue weighted by Gasteiger charge is 2.81. The second-order valence-electron chi connectivity index (χ2n) is 6.82. The van der Waals surface area contributed by atoms with Gasteiger partial charge in [0.05, 0.1) is 0 Å². The normalized spacial score (nSPS) is 31.9. The smallest absolute Gasteiger partial charge is 0.382 e. The van der Waals surface area contributed by atoms with Crippen LogP contribution < -0.4 is 5.73 Å². The highest BCUT2D eigenvalue weighted by atomic mass is 32.5. The first-order chi connectivity index (χ1) is 14.7. The number of imidazole rings is 1. The average molecular weight is 536 g/mol. The van der Waals surface area contributed by atoms with Gasteiger partial charge in [-0.2, -0.15) is 4.31 Å². The Morgan fingerprint density at radius 1 is 1.19 bits per heavy atom. The largest absolute Gasteiger partial charge is 0.488 e. The quantitative estimate of drug-likeness (QED) is 0.111. The van der Waals surface area contributed by atoms with Crippen molar-refractivity contribution in [1.82, 2.24) is 19.5 Å². The molecule has 2 aliphatic heterocycles. The molecule has 2 aromatic rings. The molecule has 32 heavy (non-hydrogen) atoms. The summed E-state index contributed by atoms with van der Waals surface area (Å²) >= 11 is 4.00. The Kier molecular flexibility index (Phi) is 5.89. The second kappa shape index (κ2) is 7.80. The molecule has 21 heteroatoms. The van der Waals surface area contributed by atoms with Gasteiger partial charge in [-0.1, -0.05) is 0 Å². The molecule has 0 aromatic carbocycles. The number of nitrogen functional groups attached to an aromatic ring is 1. The van der Waals surface area contributed by atoms with Crippen LogP contribution in [-0.4, -0.2) is 80.8 Å². The van der Waals surface area contributed by atoms with Crippen molar-refractivity contribution < 1.29 is 56.4 Å². The maximum absolute atomic E-state index is 12.0. The van der Waals surface area contributed by atoms with Crippen molar-refractivity contribution >= 4 is 51.2 Å². The summed E-state index contributed by atoms with van der Waals surface area (Å²) in [5.41, 5.74) is 5.00. The predicted octanol–water partition coefficient (Wildman–Crippen LogP) is -1.81. The van der Waals surface area contributed by atoms with Crippen molar-refractivity contribution in [3.8, 4) is 0 Å². The lowest BCUT2D eigenvalue weighted by Gasteiger charge is -2.19. The zero-order valence-electron chi connectivity index (χ0n) is 15.5. The van der Waals surface area contributed by atoms with E-state index in [0.29, 0.717) is 0 Å². The van der Waals surface area contributed by atoms with Gasteiger partial charge < -0.3 is 39.9 Å². The number of phosphoric ester groups is 1. The van der Waals surface area contributed by atoms with Crippen LogP contribution in [0.2, 0.25) is 0 Å². The van der Waals surface area contributed by atoms with Gasteiger partial charge in [0.15, 0.2) is 23.7 Å². The second-order valence-corrected chi connectivity index (χ2v) is 12.7. The number of phosphoric acid groups is 2. The van der Waals surface area contributed by atoms with Crippen LogP contribution in [0, 0.1) is 0 Å². The molecule has 0 saturated carbocycles. The molecule has 2 fully saturated rings. The standard InChI is InChI=1S/C11H16N5O12P3S/c12-9-6-10(14-3-13-9)16(4-15-6)11-2-28(11)5(7(17)8(11)18)1-25-29(19,20)26-30(21,22)27-31(23,24)32/h3-5,7-8,17-18H,1-2H2,(H5-,12,13,14,19,20,21,22,23,24,32)/p+1/t5-,7-,8-,11-/m1/s1. The molecule has 0 radical (unpaired) electrons. The van der Waals surface area contributed by atoms with Crippen LogP contribution in [0.4, 0.5) is 5.82 Å². The molecule has 0 spiro atoms. The maximum atomic E-state index is 12.0. The number of rotatable bonds is 8. The number of epoxide rings is 1. The zero-order valence-corrected chi connectivity index (χ0v) is 19.0. The number of aromatic nitrogens is 4. The highest BCUT2D eigenvalue weighted by molar-refractivity contribution is 8.08. The first kappa shape index (κ1) is 24.2. The minimum Gasteiger partial charge on any atom is -0.382 e. The number of aliphatic hydroxyl groups excluding tert-OH is 2. The SMILES string of the molecule is Nc1ncnc2c1ncn2[C@]12C[O+]1[C@H](COP(=O)(O)OP(=O)(O)OP(O)(O)=S)[C@@H](O)[C@H]2O. The van der Waals surface area contributed by atoms with Crippen molar-refractivity contribution in [3.63, 3.8) is 0 Å². The van der Waals surface area contributed by atoms with Gasteiger partial charge in [-0.3, -0.25) is 4.52 Å². The molecule has 6 atom stereocenters. The van der Waals surface area contributed by atoms with Gasteiger partial charge in [0, 0.05) is 0 Å². The Labute approximate surface area is 183 Å². The molecule has 2 saturated heterocycles. The van der Waals surface area contributed by atoms with Crippen molar-refractivity contribution in [2.45, 2.75) is 24.0 Å². The molecule has 2 aromatic heterocycles. The van der Waals surface area contributed by atoms with Crippen LogP contribution in [0.1, 0.15) is 0 Å². The van der Waals surface area contributed by atoms with E-state index in [9.17, 15) is 29.1 Å². The van der Waals surface area contributed by atoms with Crippen LogP contribution in [0.3, 0.4) is 0 Å². The maximum Gasteiger partial charge on any atom is 0.488 e. The summed E-state index contributed by atoms with van der Waals surface area (Å²) in [5.74, 6) is 0.0978. The van der Waals surface area contributed by atoms with E-state index in [1.54, 1.807) is 0 Å². The van der Waals surface area contributed by atoms with Gasteiger partial charge in [-0.05, 0) is 11.8 Å². The van der Waals surface area contributed by atoms with E-state index < -0.39 is 53.0 Å². The summed E-state index contributed by atoms with van der Waals surface area (Å²) in [5, 5.41) is 21.1. The number of aliphatic hydroxyl groups is 2. The fourth-order valence-electron chi connectivity index (χ4n) is 3.56. The summed E-state index contributed by atoms with van der Waals surface area (Å²) in [7, 11) is -10.8. The van der Waals surface area contributed by atoms with Crippen molar-refractivity contribution in [1.29, 1.82) is 0 Å². The number of fused-ring (bicyclic) bond motifs is 2. The van der Waals surface area contributed by atoms with Gasteiger partial charge in [-0.25, -0.2) is 33.0 Å². The van der Waals surface area contributed by atoms with Gasteiger partial charge in [0.1, 0.15) is 24.8 Å². The summed E-state index contributed by atoms with van der Waals surface area (Å²) in [6, 6.07) is 0. The summed E-state index contributed by atoms with van der Waals surface area (Å²) in [6.07, 6.45) is -1.56. The molecule has 178 valence electrons. The molecule has 0 bridgehead atoms. The Morgan fingerprint density at radius 3 is 2.53 bits per heavy atom. The predicted molar refractivity (Wildman–Crippen MR) is 106 cm³/mol. The number of hydrogen-bond acceptors (Lipinski definition) is 12. The molecular weight excluding hydrogens is 519 g/mol. The number of nitrogens with two attached hydrogens (primary N) is 1. The molecule has 0 aliphatic carbocycles. The molecule has 2 unspecified atom stereocenters. The zero-order chi connectivity index (χ0) is 23.7. The number of anilines is 1. The van der Waals surface area contributed by atoms with Gasteiger partial charge in [0.2, 0.25) is 12.7 Å². The Morgan fingerprint density at radius 2 is 1.88 bits per heavy atom. The van der Waals surface area contributed by atoms with Gasteiger partial charge >= 0.3 is 28.1 Å². The minimum absolute atomic E-state index is 0.0881. The number of hydrogen-bond donors (Lipinski definition) is 7. The van der Waals surface area contributed by atoms with Crippen molar-refractivity contribution in [2.24, 2.45) is 0 Å².